The highest BCUT2D eigenvalue weighted by Crippen LogP contribution is 2.44. The lowest BCUT2D eigenvalue weighted by molar-refractivity contribution is 0.0535. The molecule has 1 aliphatic carbocycles. The summed E-state index contributed by atoms with van der Waals surface area (Å²) >= 11 is 0. The molecule has 0 radical (unpaired) electrons. The molecule has 0 saturated carbocycles. The number of fused-ring (bicyclic) bond motifs is 1. The van der Waals surface area contributed by atoms with Gasteiger partial charge in [0.1, 0.15) is 11.2 Å². The van der Waals surface area contributed by atoms with Crippen molar-refractivity contribution in [2.45, 2.75) is 37.4 Å². The molecule has 0 amide bonds. The Balaban J connectivity index is 2.13. The summed E-state index contributed by atoms with van der Waals surface area (Å²) in [5.41, 5.74) is 0.208. The molecule has 114 valence electrons. The van der Waals surface area contributed by atoms with E-state index in [1.165, 1.54) is 0 Å². The van der Waals surface area contributed by atoms with Crippen molar-refractivity contribution in [1.29, 1.82) is 0 Å². The molecule has 2 heteroatoms. The van der Waals surface area contributed by atoms with E-state index in [0.29, 0.717) is 6.42 Å². The molecule has 0 heterocycles. The minimum atomic E-state index is -1.18. The summed E-state index contributed by atoms with van der Waals surface area (Å²) in [4.78, 5) is 0. The maximum Gasteiger partial charge on any atom is 0.134 e. The van der Waals surface area contributed by atoms with E-state index in [4.69, 9.17) is 0 Å². The second kappa shape index (κ2) is 5.71. The van der Waals surface area contributed by atoms with Crippen LogP contribution in [0.2, 0.25) is 0 Å². The monoisotopic (exact) mass is 294 g/mol. The average molecular weight is 294 g/mol. The molecule has 0 spiro atoms. The first-order chi connectivity index (χ1) is 10.6. The van der Waals surface area contributed by atoms with Gasteiger partial charge < -0.3 is 10.2 Å². The lowest BCUT2D eigenvalue weighted by Gasteiger charge is -2.38. The van der Waals surface area contributed by atoms with Crippen LogP contribution in [0.4, 0.5) is 0 Å². The maximum absolute atomic E-state index is 11.3. The van der Waals surface area contributed by atoms with E-state index in [1.807, 2.05) is 54.6 Å². The smallest absolute Gasteiger partial charge is 0.134 e. The van der Waals surface area contributed by atoms with Crippen molar-refractivity contribution in [3.8, 4) is 0 Å². The average Bonchev–Trinajstić information content (AvgIpc) is 2.58. The number of rotatable bonds is 4. The summed E-state index contributed by atoms with van der Waals surface area (Å²) in [7, 11) is 0. The van der Waals surface area contributed by atoms with Crippen molar-refractivity contribution in [2.24, 2.45) is 0 Å². The number of unbranched alkanes of at least 4 members (excludes halogenated alkanes) is 1. The van der Waals surface area contributed by atoms with Crippen molar-refractivity contribution < 1.29 is 10.2 Å². The molecule has 2 aromatic rings. The van der Waals surface area contributed by atoms with E-state index in [-0.39, 0.29) is 0 Å². The molecule has 2 aromatic carbocycles. The molecule has 22 heavy (non-hydrogen) atoms. The molecule has 0 aromatic heterocycles. The van der Waals surface area contributed by atoms with Crippen LogP contribution in [0.15, 0.2) is 66.7 Å². The Kier molecular flexibility index (Phi) is 3.90. The van der Waals surface area contributed by atoms with Crippen LogP contribution in [-0.2, 0) is 11.2 Å². The lowest BCUT2D eigenvalue weighted by Crippen LogP contribution is -2.37. The molecule has 0 saturated heterocycles. The van der Waals surface area contributed by atoms with Crippen LogP contribution in [0.5, 0.6) is 0 Å². The van der Waals surface area contributed by atoms with E-state index in [9.17, 15) is 10.2 Å². The quantitative estimate of drug-likeness (QED) is 0.840. The summed E-state index contributed by atoms with van der Waals surface area (Å²) in [6.07, 6.45) is 6.14. The summed E-state index contributed by atoms with van der Waals surface area (Å²) < 4.78 is 0. The van der Waals surface area contributed by atoms with E-state index < -0.39 is 11.2 Å². The van der Waals surface area contributed by atoms with Gasteiger partial charge in [0, 0.05) is 0 Å². The van der Waals surface area contributed by atoms with Gasteiger partial charge >= 0.3 is 0 Å². The third-order valence-corrected chi connectivity index (χ3v) is 4.53. The molecule has 0 aliphatic heterocycles. The van der Waals surface area contributed by atoms with Crippen LogP contribution < -0.4 is 0 Å². The van der Waals surface area contributed by atoms with Gasteiger partial charge in [-0.2, -0.15) is 0 Å². The van der Waals surface area contributed by atoms with Crippen molar-refractivity contribution in [2.75, 3.05) is 0 Å². The summed E-state index contributed by atoms with van der Waals surface area (Å²) in [5, 5.41) is 22.3. The van der Waals surface area contributed by atoms with Gasteiger partial charge in [0.2, 0.25) is 0 Å². The van der Waals surface area contributed by atoms with Gasteiger partial charge in [0.25, 0.3) is 0 Å². The van der Waals surface area contributed by atoms with Gasteiger partial charge in [-0.05, 0) is 35.3 Å². The number of aliphatic hydroxyl groups is 2. The molecule has 2 nitrogen and oxygen atoms in total. The highest BCUT2D eigenvalue weighted by Gasteiger charge is 2.41. The van der Waals surface area contributed by atoms with Crippen LogP contribution in [0, 0.1) is 0 Å². The minimum Gasteiger partial charge on any atom is -0.381 e. The van der Waals surface area contributed by atoms with Gasteiger partial charge in [-0.1, -0.05) is 74.4 Å². The van der Waals surface area contributed by atoms with Crippen LogP contribution in [0.3, 0.4) is 0 Å². The first-order valence-corrected chi connectivity index (χ1v) is 7.91. The second-order valence-electron chi connectivity index (χ2n) is 6.04. The second-order valence-corrected chi connectivity index (χ2v) is 6.04. The molecule has 0 bridgehead atoms. The molecule has 2 unspecified atom stereocenters. The SMILES string of the molecule is CCCCC1(O)C=CC(O)(c2ccccc2)c2ccccc21. The molecule has 2 atom stereocenters. The van der Waals surface area contributed by atoms with Gasteiger partial charge in [0.15, 0.2) is 0 Å². The van der Waals surface area contributed by atoms with E-state index >= 15 is 0 Å². The Labute approximate surface area is 131 Å². The lowest BCUT2D eigenvalue weighted by atomic mass is 9.72. The fourth-order valence-electron chi connectivity index (χ4n) is 3.24. The van der Waals surface area contributed by atoms with Crippen molar-refractivity contribution in [3.63, 3.8) is 0 Å². The number of hydrogen-bond acceptors (Lipinski definition) is 2. The molecule has 2 N–H and O–H groups in total. The zero-order chi connectivity index (χ0) is 15.6. The zero-order valence-electron chi connectivity index (χ0n) is 12.9. The Bertz CT molecular complexity index is 677. The van der Waals surface area contributed by atoms with Crippen LogP contribution in [0.1, 0.15) is 42.9 Å². The topological polar surface area (TPSA) is 40.5 Å². The first kappa shape index (κ1) is 15.0. The van der Waals surface area contributed by atoms with E-state index in [1.54, 1.807) is 12.2 Å². The van der Waals surface area contributed by atoms with Gasteiger partial charge in [-0.3, -0.25) is 0 Å². The Morgan fingerprint density at radius 2 is 1.45 bits per heavy atom. The third-order valence-electron chi connectivity index (χ3n) is 4.53. The predicted molar refractivity (Wildman–Crippen MR) is 88.4 cm³/mol. The third kappa shape index (κ3) is 2.39. The molecule has 0 fully saturated rings. The number of hydrogen-bond donors (Lipinski definition) is 2. The minimum absolute atomic E-state index is 0.669. The Morgan fingerprint density at radius 1 is 0.818 bits per heavy atom. The van der Waals surface area contributed by atoms with Crippen LogP contribution in [-0.4, -0.2) is 10.2 Å². The van der Waals surface area contributed by atoms with Crippen molar-refractivity contribution >= 4 is 0 Å². The normalized spacial score (nSPS) is 26.7. The van der Waals surface area contributed by atoms with E-state index in [0.717, 1.165) is 29.5 Å². The Hall–Kier alpha value is -1.90. The highest BCUT2D eigenvalue weighted by atomic mass is 16.3. The predicted octanol–water partition coefficient (Wildman–Crippen LogP) is 3.87. The fraction of sp³-hybridized carbons (Fsp3) is 0.300. The zero-order valence-corrected chi connectivity index (χ0v) is 12.9. The van der Waals surface area contributed by atoms with Gasteiger partial charge in [-0.25, -0.2) is 0 Å². The van der Waals surface area contributed by atoms with E-state index in [2.05, 4.69) is 6.92 Å². The Morgan fingerprint density at radius 3 is 2.14 bits per heavy atom. The molecule has 1 aliphatic rings. The molecular formula is C20H22O2. The van der Waals surface area contributed by atoms with Gasteiger partial charge in [-0.15, -0.1) is 0 Å². The molecular weight excluding hydrogens is 272 g/mol. The van der Waals surface area contributed by atoms with Crippen LogP contribution in [0.25, 0.3) is 0 Å². The largest absolute Gasteiger partial charge is 0.381 e. The summed E-state index contributed by atoms with van der Waals surface area (Å²) in [6, 6.07) is 17.2. The van der Waals surface area contributed by atoms with Crippen LogP contribution >= 0.6 is 0 Å². The fourth-order valence-corrected chi connectivity index (χ4v) is 3.24. The number of benzene rings is 2. The van der Waals surface area contributed by atoms with Gasteiger partial charge in [0.05, 0.1) is 0 Å². The molecule has 3 rings (SSSR count). The van der Waals surface area contributed by atoms with Crippen molar-refractivity contribution in [3.05, 3.63) is 83.4 Å². The first-order valence-electron chi connectivity index (χ1n) is 7.91. The maximum atomic E-state index is 11.3. The highest BCUT2D eigenvalue weighted by molar-refractivity contribution is 5.51. The standard InChI is InChI=1S/C20H22O2/c1-2-3-13-19(21)14-15-20(22,16-9-5-4-6-10-16)18-12-8-7-11-17(18)19/h4-12,14-15,21-22H,2-3,13H2,1H3. The summed E-state index contributed by atoms with van der Waals surface area (Å²) in [5.74, 6) is 0. The summed E-state index contributed by atoms with van der Waals surface area (Å²) in [6.45, 7) is 2.11. The van der Waals surface area contributed by atoms with Crippen molar-refractivity contribution in [1.82, 2.24) is 0 Å².